The number of carbonyl (C=O) groups excluding carboxylic acids is 2. The number of hydrogen-bond acceptors (Lipinski definition) is 8. The lowest BCUT2D eigenvalue weighted by Crippen LogP contribution is -2.29. The molecule has 2 atom stereocenters. The van der Waals surface area contributed by atoms with Crippen LogP contribution in [0.5, 0.6) is 0 Å². The zero-order valence-corrected chi connectivity index (χ0v) is 58.7. The maximum absolute atomic E-state index is 12.8. The molecule has 512 valence electrons. The van der Waals surface area contributed by atoms with Gasteiger partial charge in [0.1, 0.15) is 6.61 Å². The van der Waals surface area contributed by atoms with E-state index in [1.807, 2.05) is 0 Å². The van der Waals surface area contributed by atoms with E-state index in [4.69, 9.17) is 24.3 Å². The molecule has 0 fully saturated rings. The number of hydrogen-bond donors (Lipinski definition) is 2. The van der Waals surface area contributed by atoms with Crippen molar-refractivity contribution in [3.8, 4) is 0 Å². The first-order chi connectivity index (χ1) is 42.8. The Morgan fingerprint density at radius 1 is 0.356 bits per heavy atom. The van der Waals surface area contributed by atoms with Gasteiger partial charge in [-0.2, -0.15) is 0 Å². The van der Waals surface area contributed by atoms with E-state index in [9.17, 15) is 19.0 Å². The molecule has 0 radical (unpaired) electrons. The summed E-state index contributed by atoms with van der Waals surface area (Å²) in [6, 6.07) is 0. The van der Waals surface area contributed by atoms with Crippen LogP contribution in [0.25, 0.3) is 0 Å². The Hall–Kier alpha value is -2.03. The molecule has 0 aliphatic carbocycles. The summed E-state index contributed by atoms with van der Waals surface area (Å²) < 4.78 is 33.3. The van der Waals surface area contributed by atoms with Crippen LogP contribution in [0.1, 0.15) is 399 Å². The van der Waals surface area contributed by atoms with Crippen LogP contribution in [-0.4, -0.2) is 49.3 Å². The second-order valence-corrected chi connectivity index (χ2v) is 27.3. The molecule has 3 N–H and O–H groups in total. The molecule has 2 unspecified atom stereocenters. The maximum Gasteiger partial charge on any atom is 0.472 e. The fourth-order valence-electron chi connectivity index (χ4n) is 11.6. The largest absolute Gasteiger partial charge is 0.472 e. The second-order valence-electron chi connectivity index (χ2n) is 25.9. The molecule has 0 aliphatic rings. The van der Waals surface area contributed by atoms with Crippen LogP contribution in [0, 0.1) is 0 Å². The van der Waals surface area contributed by atoms with E-state index < -0.39 is 26.5 Å². The number of phosphoric acid groups is 1. The Balaban J connectivity index is 3.77. The normalized spacial score (nSPS) is 13.1. The third kappa shape index (κ3) is 72.9. The monoisotopic (exact) mass is 1240 g/mol. The summed E-state index contributed by atoms with van der Waals surface area (Å²) in [6.07, 6.45) is 93.9. The molecule has 0 amide bonds. The minimum Gasteiger partial charge on any atom is -0.462 e. The summed E-state index contributed by atoms with van der Waals surface area (Å²) >= 11 is 0. The zero-order chi connectivity index (χ0) is 63.0. The van der Waals surface area contributed by atoms with Crippen LogP contribution >= 0.6 is 7.82 Å². The van der Waals surface area contributed by atoms with E-state index in [2.05, 4.69) is 62.5 Å². The van der Waals surface area contributed by atoms with Crippen molar-refractivity contribution in [2.75, 3.05) is 26.4 Å². The Labute approximate surface area is 540 Å². The van der Waals surface area contributed by atoms with Crippen molar-refractivity contribution in [2.45, 2.75) is 405 Å². The van der Waals surface area contributed by atoms with Crippen molar-refractivity contribution >= 4 is 19.8 Å². The average molecular weight is 1240 g/mol. The molecular weight excluding hydrogens is 1100 g/mol. The number of carbonyl (C=O) groups is 2. The first-order valence-corrected chi connectivity index (χ1v) is 39.6. The topological polar surface area (TPSA) is 134 Å². The van der Waals surface area contributed by atoms with Crippen LogP contribution in [0.2, 0.25) is 0 Å². The van der Waals surface area contributed by atoms with Crippen LogP contribution in [0.15, 0.2) is 48.6 Å². The summed E-state index contributed by atoms with van der Waals surface area (Å²) in [7, 11) is -4.39. The van der Waals surface area contributed by atoms with Gasteiger partial charge in [-0.25, -0.2) is 4.57 Å². The van der Waals surface area contributed by atoms with Crippen molar-refractivity contribution < 1.29 is 37.6 Å². The molecule has 0 aromatic carbocycles. The number of nitrogens with two attached hydrogens (primary N) is 1. The van der Waals surface area contributed by atoms with E-state index in [1.54, 1.807) is 0 Å². The summed E-state index contributed by atoms with van der Waals surface area (Å²) in [6.45, 7) is 3.71. The molecule has 0 heterocycles. The van der Waals surface area contributed by atoms with Crippen molar-refractivity contribution in [1.29, 1.82) is 0 Å². The van der Waals surface area contributed by atoms with Crippen molar-refractivity contribution in [3.63, 3.8) is 0 Å². The first-order valence-electron chi connectivity index (χ1n) is 38.1. The SMILES string of the molecule is CC/C=C\C/C=C\C/C=C\C/C=C\CCCCCCCCCCCCCCCCCCCCCCC(=O)OC(COC(=O)CCCCCCCCCCCCCCCCCCCCCCCCCCCCCCCCCCC)COP(=O)(O)OCCN. The zero-order valence-electron chi connectivity index (χ0n) is 57.8. The highest BCUT2D eigenvalue weighted by Gasteiger charge is 2.26. The number of rotatable bonds is 73. The molecule has 87 heavy (non-hydrogen) atoms. The maximum atomic E-state index is 12.8. The van der Waals surface area contributed by atoms with Gasteiger partial charge in [0, 0.05) is 19.4 Å². The highest BCUT2D eigenvalue weighted by molar-refractivity contribution is 7.47. The third-order valence-corrected chi connectivity index (χ3v) is 18.2. The van der Waals surface area contributed by atoms with Gasteiger partial charge in [-0.1, -0.05) is 383 Å². The molecule has 0 rings (SSSR count). The minimum absolute atomic E-state index is 0.0560. The van der Waals surface area contributed by atoms with Gasteiger partial charge in [0.05, 0.1) is 13.2 Å². The van der Waals surface area contributed by atoms with Crippen LogP contribution in [0.3, 0.4) is 0 Å². The summed E-state index contributed by atoms with van der Waals surface area (Å²) in [5, 5.41) is 0. The molecule has 0 bridgehead atoms. The number of esters is 2. The van der Waals surface area contributed by atoms with Gasteiger partial charge in [0.2, 0.25) is 0 Å². The van der Waals surface area contributed by atoms with Gasteiger partial charge in [0.15, 0.2) is 6.10 Å². The fourth-order valence-corrected chi connectivity index (χ4v) is 12.4. The molecular formula is C77H146NO8P. The number of ether oxygens (including phenoxy) is 2. The van der Waals surface area contributed by atoms with Gasteiger partial charge < -0.3 is 20.1 Å². The first kappa shape index (κ1) is 85.0. The molecule has 0 saturated carbocycles. The molecule has 9 nitrogen and oxygen atoms in total. The standard InChI is InChI=1S/C77H146NO8P/c1-3-5-7-9-11-13-15-17-19-21-23-25-27-29-31-33-35-37-39-41-43-45-47-49-51-53-55-57-59-61-63-65-67-69-76(79)83-73-75(74-85-87(81,82)84-72-71-78)86-77(80)70-68-66-64-62-60-58-56-54-52-50-48-46-44-42-40-38-36-34-32-30-28-26-24-22-20-18-16-14-12-10-8-6-4-2/h6,8,12,14,18,20,24,26,75H,3-5,7,9-11,13,15-17,19,21-23,25,27-74,78H2,1-2H3,(H,81,82)/b8-6-,14-12-,20-18-,26-24-. The fraction of sp³-hybridized carbons (Fsp3) is 0.870. The third-order valence-electron chi connectivity index (χ3n) is 17.2. The van der Waals surface area contributed by atoms with Crippen LogP contribution < -0.4 is 5.73 Å². The minimum atomic E-state index is -4.39. The lowest BCUT2D eigenvalue weighted by Gasteiger charge is -2.19. The predicted octanol–water partition coefficient (Wildman–Crippen LogP) is 25.2. The number of allylic oxidation sites excluding steroid dienone is 8. The quantitative estimate of drug-likeness (QED) is 0.0264. The Kier molecular flexibility index (Phi) is 71.3. The Morgan fingerprint density at radius 2 is 0.632 bits per heavy atom. The lowest BCUT2D eigenvalue weighted by molar-refractivity contribution is -0.161. The smallest absolute Gasteiger partial charge is 0.462 e. The molecule has 0 aromatic rings. The van der Waals surface area contributed by atoms with E-state index in [0.29, 0.717) is 6.42 Å². The highest BCUT2D eigenvalue weighted by atomic mass is 31.2. The van der Waals surface area contributed by atoms with Gasteiger partial charge in [-0.05, 0) is 51.4 Å². The van der Waals surface area contributed by atoms with Crippen LogP contribution in [0.4, 0.5) is 0 Å². The number of unbranched alkanes of at least 4 members (excludes halogenated alkanes) is 52. The van der Waals surface area contributed by atoms with Crippen molar-refractivity contribution in [3.05, 3.63) is 48.6 Å². The second kappa shape index (κ2) is 73.0. The Bertz CT molecular complexity index is 1570. The van der Waals surface area contributed by atoms with E-state index >= 15 is 0 Å². The summed E-state index contributed by atoms with van der Waals surface area (Å²) in [5.74, 6) is -0.803. The average Bonchev–Trinajstić information content (AvgIpc) is 3.64. The van der Waals surface area contributed by atoms with Gasteiger partial charge in [-0.15, -0.1) is 0 Å². The number of phosphoric ester groups is 1. The van der Waals surface area contributed by atoms with E-state index in [0.717, 1.165) is 57.8 Å². The van der Waals surface area contributed by atoms with Crippen molar-refractivity contribution in [2.24, 2.45) is 5.73 Å². The van der Waals surface area contributed by atoms with Crippen molar-refractivity contribution in [1.82, 2.24) is 0 Å². The van der Waals surface area contributed by atoms with Crippen LogP contribution in [-0.2, 0) is 32.7 Å². The van der Waals surface area contributed by atoms with Gasteiger partial charge in [0.25, 0.3) is 0 Å². The predicted molar refractivity (Wildman–Crippen MR) is 377 cm³/mol. The summed E-state index contributed by atoms with van der Waals surface area (Å²) in [4.78, 5) is 35.4. The molecule has 0 aromatic heterocycles. The molecule has 0 saturated heterocycles. The Morgan fingerprint density at radius 3 is 0.943 bits per heavy atom. The molecule has 10 heteroatoms. The van der Waals surface area contributed by atoms with Gasteiger partial charge in [-0.3, -0.25) is 18.6 Å². The van der Waals surface area contributed by atoms with Gasteiger partial charge >= 0.3 is 19.8 Å². The lowest BCUT2D eigenvalue weighted by atomic mass is 10.0. The highest BCUT2D eigenvalue weighted by Crippen LogP contribution is 2.43. The van der Waals surface area contributed by atoms with E-state index in [-0.39, 0.29) is 38.6 Å². The molecule has 0 aliphatic heterocycles. The summed E-state index contributed by atoms with van der Waals surface area (Å²) in [5.41, 5.74) is 5.41. The molecule has 0 spiro atoms. The van der Waals surface area contributed by atoms with E-state index in [1.165, 1.54) is 308 Å².